The average Bonchev–Trinajstić information content (AvgIpc) is 2.49. The third kappa shape index (κ3) is 5.98. The number of hydrogen-bond donors (Lipinski definition) is 1. The number of likely N-dealkylation sites (N-methyl/N-ethyl adjacent to an activating group) is 1. The largest absolute Gasteiger partial charge is 0.463 e. The summed E-state index contributed by atoms with van der Waals surface area (Å²) in [6.07, 6.45) is 2.62. The highest BCUT2D eigenvalue weighted by molar-refractivity contribution is 5.88. The molecule has 5 nitrogen and oxygen atoms in total. The molecule has 0 aromatic heterocycles. The smallest absolute Gasteiger partial charge is 0.333 e. The van der Waals surface area contributed by atoms with Crippen LogP contribution in [0.15, 0.2) is 11.6 Å². The fourth-order valence-electron chi connectivity index (χ4n) is 2.24. The van der Waals surface area contributed by atoms with E-state index in [4.69, 9.17) is 10.5 Å². The van der Waals surface area contributed by atoms with Gasteiger partial charge in [0.25, 0.3) is 0 Å². The zero-order valence-electron chi connectivity index (χ0n) is 16.0. The number of ether oxygens (including phenoxy) is 1. The Kier molecular flexibility index (Phi) is 8.53. The minimum atomic E-state index is -0.574. The molecule has 0 radical (unpaired) electrons. The molecule has 0 aromatic carbocycles. The fourth-order valence-corrected chi connectivity index (χ4v) is 2.24. The summed E-state index contributed by atoms with van der Waals surface area (Å²) in [6, 6.07) is -0.777. The van der Waals surface area contributed by atoms with Crippen molar-refractivity contribution < 1.29 is 14.3 Å². The van der Waals surface area contributed by atoms with E-state index in [1.165, 1.54) is 0 Å². The van der Waals surface area contributed by atoms with Gasteiger partial charge in [0.1, 0.15) is 0 Å². The molecular formula is C18H34N2O3. The van der Waals surface area contributed by atoms with E-state index in [2.05, 4.69) is 0 Å². The van der Waals surface area contributed by atoms with Crippen LogP contribution in [0.1, 0.15) is 54.9 Å². The maximum absolute atomic E-state index is 12.7. The molecule has 0 spiro atoms. The van der Waals surface area contributed by atoms with E-state index in [0.29, 0.717) is 12.2 Å². The molecule has 5 heteroatoms. The molecule has 1 amide bonds. The molecule has 134 valence electrons. The highest BCUT2D eigenvalue weighted by atomic mass is 16.5. The van der Waals surface area contributed by atoms with Crippen molar-refractivity contribution in [3.05, 3.63) is 11.6 Å². The van der Waals surface area contributed by atoms with Crippen molar-refractivity contribution in [2.24, 2.45) is 17.1 Å². The van der Waals surface area contributed by atoms with Crippen LogP contribution in [0.4, 0.5) is 0 Å². The summed E-state index contributed by atoms with van der Waals surface area (Å²) < 4.78 is 5.01. The average molecular weight is 326 g/mol. The molecule has 0 rings (SSSR count). The molecule has 0 unspecified atom stereocenters. The van der Waals surface area contributed by atoms with Gasteiger partial charge in [0.2, 0.25) is 5.91 Å². The summed E-state index contributed by atoms with van der Waals surface area (Å²) in [7, 11) is 1.74. The van der Waals surface area contributed by atoms with Gasteiger partial charge in [0, 0.05) is 12.6 Å². The number of amides is 1. The molecule has 0 fully saturated rings. The standard InChI is InChI=1S/C18H34N2O3/c1-9-18(6,7)15(19)16(21)20(8)14(12(3)4)11-13(5)17(22)23-10-2/h11-12,14-15H,9-10,19H2,1-8H3/b13-11+/t14-,15-/m1/s1. The Morgan fingerprint density at radius 3 is 2.17 bits per heavy atom. The quantitative estimate of drug-likeness (QED) is 0.550. The van der Waals surface area contributed by atoms with Gasteiger partial charge in [0.05, 0.1) is 18.7 Å². The van der Waals surface area contributed by atoms with Crippen LogP contribution in [0.2, 0.25) is 0 Å². The topological polar surface area (TPSA) is 72.6 Å². The molecule has 0 saturated heterocycles. The molecule has 2 atom stereocenters. The van der Waals surface area contributed by atoms with E-state index in [0.717, 1.165) is 6.42 Å². The van der Waals surface area contributed by atoms with Crippen molar-refractivity contribution >= 4 is 11.9 Å². The van der Waals surface area contributed by atoms with Gasteiger partial charge in [-0.2, -0.15) is 0 Å². The van der Waals surface area contributed by atoms with Crippen LogP contribution in [-0.4, -0.2) is 42.5 Å². The van der Waals surface area contributed by atoms with Gasteiger partial charge in [-0.3, -0.25) is 4.79 Å². The van der Waals surface area contributed by atoms with Crippen molar-refractivity contribution in [1.82, 2.24) is 4.90 Å². The van der Waals surface area contributed by atoms with Crippen molar-refractivity contribution in [3.8, 4) is 0 Å². The lowest BCUT2D eigenvalue weighted by Gasteiger charge is -2.36. The number of carbonyl (C=O) groups excluding carboxylic acids is 2. The molecule has 0 heterocycles. The summed E-state index contributed by atoms with van der Waals surface area (Å²) in [4.78, 5) is 26.2. The van der Waals surface area contributed by atoms with E-state index < -0.39 is 6.04 Å². The third-order valence-electron chi connectivity index (χ3n) is 4.52. The molecule has 0 saturated carbocycles. The monoisotopic (exact) mass is 326 g/mol. The lowest BCUT2D eigenvalue weighted by Crippen LogP contribution is -2.53. The van der Waals surface area contributed by atoms with Crippen molar-refractivity contribution in [2.75, 3.05) is 13.7 Å². The Bertz CT molecular complexity index is 442. The Hall–Kier alpha value is -1.36. The maximum atomic E-state index is 12.7. The van der Waals surface area contributed by atoms with Crippen LogP contribution in [0.5, 0.6) is 0 Å². The first-order chi connectivity index (χ1) is 10.5. The second-order valence-electron chi connectivity index (χ2n) is 7.07. The molecule has 0 aromatic rings. The number of nitrogens with zero attached hydrogens (tertiary/aromatic N) is 1. The Balaban J connectivity index is 5.36. The molecule has 0 aliphatic rings. The predicted octanol–water partition coefficient (Wildman–Crippen LogP) is 2.74. The third-order valence-corrected chi connectivity index (χ3v) is 4.52. The van der Waals surface area contributed by atoms with Gasteiger partial charge in [-0.15, -0.1) is 0 Å². The number of esters is 1. The van der Waals surface area contributed by atoms with Crippen molar-refractivity contribution in [2.45, 2.75) is 67.0 Å². The SMILES string of the molecule is CCOC(=O)/C(C)=C/[C@H](C(C)C)N(C)C(=O)[C@@H](N)C(C)(C)CC. The van der Waals surface area contributed by atoms with Crippen LogP contribution in [0.3, 0.4) is 0 Å². The molecule has 0 aliphatic heterocycles. The van der Waals surface area contributed by atoms with Crippen molar-refractivity contribution in [1.29, 1.82) is 0 Å². The number of rotatable bonds is 8. The van der Waals surface area contributed by atoms with Crippen molar-refractivity contribution in [3.63, 3.8) is 0 Å². The molecule has 23 heavy (non-hydrogen) atoms. The Morgan fingerprint density at radius 2 is 1.78 bits per heavy atom. The number of hydrogen-bond acceptors (Lipinski definition) is 4. The van der Waals surface area contributed by atoms with Gasteiger partial charge >= 0.3 is 5.97 Å². The first kappa shape index (κ1) is 21.6. The summed E-state index contributed by atoms with van der Waals surface area (Å²) in [6.45, 7) is 13.9. The van der Waals surface area contributed by atoms with E-state index in [1.54, 1.807) is 31.9 Å². The first-order valence-electron chi connectivity index (χ1n) is 8.37. The van der Waals surface area contributed by atoms with Gasteiger partial charge in [0.15, 0.2) is 0 Å². The zero-order valence-corrected chi connectivity index (χ0v) is 16.0. The molecule has 2 N–H and O–H groups in total. The zero-order chi connectivity index (χ0) is 18.4. The van der Waals surface area contributed by atoms with Crippen LogP contribution in [0.25, 0.3) is 0 Å². The van der Waals surface area contributed by atoms with Crippen LogP contribution >= 0.6 is 0 Å². The minimum Gasteiger partial charge on any atom is -0.463 e. The van der Waals surface area contributed by atoms with Crippen LogP contribution in [-0.2, 0) is 14.3 Å². The second kappa shape index (κ2) is 9.06. The number of nitrogens with two attached hydrogens (primary N) is 1. The van der Waals surface area contributed by atoms with Gasteiger partial charge in [-0.25, -0.2) is 4.79 Å². The predicted molar refractivity (Wildman–Crippen MR) is 93.8 cm³/mol. The fraction of sp³-hybridized carbons (Fsp3) is 0.778. The molecule has 0 bridgehead atoms. The highest BCUT2D eigenvalue weighted by Gasteiger charge is 2.34. The second-order valence-corrected chi connectivity index (χ2v) is 7.07. The molecular weight excluding hydrogens is 292 g/mol. The van der Waals surface area contributed by atoms with Gasteiger partial charge < -0.3 is 15.4 Å². The van der Waals surface area contributed by atoms with Crippen LogP contribution in [0, 0.1) is 11.3 Å². The van der Waals surface area contributed by atoms with E-state index in [-0.39, 0.29) is 29.3 Å². The van der Waals surface area contributed by atoms with Gasteiger partial charge in [-0.05, 0) is 31.6 Å². The van der Waals surface area contributed by atoms with Gasteiger partial charge in [-0.1, -0.05) is 40.7 Å². The summed E-state index contributed by atoms with van der Waals surface area (Å²) in [5, 5.41) is 0. The normalized spacial score (nSPS) is 15.3. The Morgan fingerprint density at radius 1 is 1.26 bits per heavy atom. The summed E-state index contributed by atoms with van der Waals surface area (Å²) in [5.74, 6) is -0.300. The highest BCUT2D eigenvalue weighted by Crippen LogP contribution is 2.26. The van der Waals surface area contributed by atoms with E-state index >= 15 is 0 Å². The first-order valence-corrected chi connectivity index (χ1v) is 8.37. The number of carbonyl (C=O) groups is 2. The maximum Gasteiger partial charge on any atom is 0.333 e. The minimum absolute atomic E-state index is 0.108. The molecule has 0 aliphatic carbocycles. The lowest BCUT2D eigenvalue weighted by molar-refractivity contribution is -0.139. The Labute approximate surface area is 141 Å². The van der Waals surface area contributed by atoms with Crippen LogP contribution < -0.4 is 5.73 Å². The van der Waals surface area contributed by atoms with E-state index in [1.807, 2.05) is 34.6 Å². The lowest BCUT2D eigenvalue weighted by atomic mass is 9.81. The summed E-state index contributed by atoms with van der Waals surface area (Å²) >= 11 is 0. The summed E-state index contributed by atoms with van der Waals surface area (Å²) in [5.41, 5.74) is 6.42. The van der Waals surface area contributed by atoms with E-state index in [9.17, 15) is 9.59 Å².